The van der Waals surface area contributed by atoms with Crippen LogP contribution in [0, 0.1) is 0 Å². The molecule has 6 nitrogen and oxygen atoms in total. The first kappa shape index (κ1) is 15.6. The van der Waals surface area contributed by atoms with Crippen molar-refractivity contribution in [2.45, 2.75) is 51.7 Å². The minimum Gasteiger partial charge on any atom is -0.481 e. The highest BCUT2D eigenvalue weighted by atomic mass is 16.5. The number of aliphatic carboxylic acids is 2. The molecule has 0 aliphatic heterocycles. The number of carboxylic acids is 2. The minimum absolute atomic E-state index is 0.432. The fraction of sp³-hybridized carbons (Fsp3) is 0.727. The van der Waals surface area contributed by atoms with E-state index in [4.69, 9.17) is 14.9 Å². The molecular formula is C11H18O6. The number of ketones is 1. The summed E-state index contributed by atoms with van der Waals surface area (Å²) in [5.41, 5.74) is -2.86. The Morgan fingerprint density at radius 2 is 1.53 bits per heavy atom. The zero-order valence-electron chi connectivity index (χ0n) is 10.4. The van der Waals surface area contributed by atoms with Gasteiger partial charge in [-0.15, -0.1) is 0 Å². The quantitative estimate of drug-likeness (QED) is 0.727. The van der Waals surface area contributed by atoms with Gasteiger partial charge >= 0.3 is 11.9 Å². The van der Waals surface area contributed by atoms with Gasteiger partial charge in [0.2, 0.25) is 0 Å². The van der Waals surface area contributed by atoms with Crippen LogP contribution in [0.5, 0.6) is 0 Å². The molecule has 17 heavy (non-hydrogen) atoms. The standard InChI is InChI=1S/C11H18O6/c1-7(12)5-11(9(15)16,6-8(13)14)17-10(2,3)4/h5-6H2,1-4H3,(H,13,14)(H,15,16). The largest absolute Gasteiger partial charge is 0.481 e. The Morgan fingerprint density at radius 3 is 1.76 bits per heavy atom. The molecule has 2 N–H and O–H groups in total. The number of hydrogen-bond acceptors (Lipinski definition) is 4. The number of ether oxygens (including phenoxy) is 1. The Morgan fingerprint density at radius 1 is 1.06 bits per heavy atom. The van der Waals surface area contributed by atoms with Crippen LogP contribution in [0.3, 0.4) is 0 Å². The summed E-state index contributed by atoms with van der Waals surface area (Å²) in [4.78, 5) is 33.1. The van der Waals surface area contributed by atoms with Gasteiger partial charge in [0.1, 0.15) is 5.78 Å². The van der Waals surface area contributed by atoms with Gasteiger partial charge in [-0.2, -0.15) is 0 Å². The van der Waals surface area contributed by atoms with Gasteiger partial charge in [0.15, 0.2) is 5.60 Å². The van der Waals surface area contributed by atoms with Crippen LogP contribution >= 0.6 is 0 Å². The molecule has 1 unspecified atom stereocenters. The van der Waals surface area contributed by atoms with Crippen LogP contribution in [0.15, 0.2) is 0 Å². The maximum absolute atomic E-state index is 11.2. The Kier molecular flexibility index (Phi) is 4.82. The lowest BCUT2D eigenvalue weighted by Crippen LogP contribution is -2.49. The fourth-order valence-electron chi connectivity index (χ4n) is 1.56. The summed E-state index contributed by atoms with van der Waals surface area (Å²) in [5, 5.41) is 17.9. The maximum Gasteiger partial charge on any atom is 0.337 e. The van der Waals surface area contributed by atoms with Crippen LogP contribution in [0.25, 0.3) is 0 Å². The monoisotopic (exact) mass is 246 g/mol. The molecule has 0 amide bonds. The predicted octanol–water partition coefficient (Wildman–Crippen LogP) is 1.08. The van der Waals surface area contributed by atoms with Crippen molar-refractivity contribution in [2.24, 2.45) is 0 Å². The van der Waals surface area contributed by atoms with Crippen molar-refractivity contribution in [3.05, 3.63) is 0 Å². The van der Waals surface area contributed by atoms with Crippen LogP contribution in [-0.4, -0.2) is 39.1 Å². The van der Waals surface area contributed by atoms with Crippen LogP contribution in [0.4, 0.5) is 0 Å². The van der Waals surface area contributed by atoms with E-state index in [0.717, 1.165) is 0 Å². The van der Waals surface area contributed by atoms with E-state index in [-0.39, 0.29) is 0 Å². The number of hydrogen-bond donors (Lipinski definition) is 2. The molecule has 1 atom stereocenters. The molecule has 98 valence electrons. The molecule has 0 aromatic carbocycles. The lowest BCUT2D eigenvalue weighted by Gasteiger charge is -2.34. The lowest BCUT2D eigenvalue weighted by atomic mass is 9.92. The molecular weight excluding hydrogens is 228 g/mol. The molecule has 0 aromatic rings. The van der Waals surface area contributed by atoms with Crippen molar-refractivity contribution in [2.75, 3.05) is 0 Å². The van der Waals surface area contributed by atoms with E-state index in [1.165, 1.54) is 6.92 Å². The summed E-state index contributed by atoms with van der Waals surface area (Å²) < 4.78 is 5.31. The van der Waals surface area contributed by atoms with E-state index in [0.29, 0.717) is 0 Å². The van der Waals surface area contributed by atoms with Gasteiger partial charge in [-0.05, 0) is 27.7 Å². The normalized spacial score (nSPS) is 15.1. The maximum atomic E-state index is 11.2. The summed E-state index contributed by atoms with van der Waals surface area (Å²) in [6.07, 6.45) is -1.22. The summed E-state index contributed by atoms with van der Waals surface area (Å²) in [5.74, 6) is -3.19. The van der Waals surface area contributed by atoms with E-state index in [1.807, 2.05) is 0 Å². The summed E-state index contributed by atoms with van der Waals surface area (Å²) >= 11 is 0. The van der Waals surface area contributed by atoms with Crippen molar-refractivity contribution in [1.82, 2.24) is 0 Å². The molecule has 0 rings (SSSR count). The number of Topliss-reactive ketones (excluding diaryl/α,β-unsaturated/α-hetero) is 1. The average molecular weight is 246 g/mol. The van der Waals surface area contributed by atoms with Crippen LogP contribution < -0.4 is 0 Å². The first-order valence-corrected chi connectivity index (χ1v) is 5.13. The molecule has 0 saturated carbocycles. The van der Waals surface area contributed by atoms with Crippen LogP contribution in [0.1, 0.15) is 40.5 Å². The molecule has 6 heteroatoms. The van der Waals surface area contributed by atoms with Gasteiger partial charge in [0, 0.05) is 6.42 Å². The van der Waals surface area contributed by atoms with E-state index in [9.17, 15) is 14.4 Å². The molecule has 0 bridgehead atoms. The zero-order chi connectivity index (χ0) is 13.9. The van der Waals surface area contributed by atoms with Gasteiger partial charge in [0.25, 0.3) is 0 Å². The topological polar surface area (TPSA) is 101 Å². The Hall–Kier alpha value is -1.43. The number of carbonyl (C=O) groups is 3. The second kappa shape index (κ2) is 5.27. The predicted molar refractivity (Wildman–Crippen MR) is 58.8 cm³/mol. The zero-order valence-corrected chi connectivity index (χ0v) is 10.4. The van der Waals surface area contributed by atoms with Gasteiger partial charge in [0.05, 0.1) is 12.0 Å². The smallest absolute Gasteiger partial charge is 0.337 e. The second-order valence-corrected chi connectivity index (χ2v) is 4.96. The highest BCUT2D eigenvalue weighted by molar-refractivity contribution is 5.90. The highest BCUT2D eigenvalue weighted by Gasteiger charge is 2.46. The third-order valence-electron chi connectivity index (χ3n) is 1.86. The Bertz CT molecular complexity index is 309. The van der Waals surface area contributed by atoms with E-state index in [1.54, 1.807) is 20.8 Å². The van der Waals surface area contributed by atoms with Gasteiger partial charge in [-0.1, -0.05) is 0 Å². The number of rotatable bonds is 6. The molecule has 0 aromatic heterocycles. The van der Waals surface area contributed by atoms with Gasteiger partial charge < -0.3 is 14.9 Å². The van der Waals surface area contributed by atoms with Gasteiger partial charge in [-0.3, -0.25) is 9.59 Å². The molecule has 0 saturated heterocycles. The van der Waals surface area contributed by atoms with Crippen molar-refractivity contribution < 1.29 is 29.3 Å². The van der Waals surface area contributed by atoms with E-state index >= 15 is 0 Å². The lowest BCUT2D eigenvalue weighted by molar-refractivity contribution is -0.192. The van der Waals surface area contributed by atoms with Crippen molar-refractivity contribution in [3.63, 3.8) is 0 Å². The van der Waals surface area contributed by atoms with Crippen molar-refractivity contribution >= 4 is 17.7 Å². The number of carboxylic acid groups (broad SMARTS) is 2. The third kappa shape index (κ3) is 5.44. The minimum atomic E-state index is -2.00. The second-order valence-electron chi connectivity index (χ2n) is 4.96. The third-order valence-corrected chi connectivity index (χ3v) is 1.86. The highest BCUT2D eigenvalue weighted by Crippen LogP contribution is 2.28. The fourth-order valence-corrected chi connectivity index (χ4v) is 1.56. The van der Waals surface area contributed by atoms with E-state index < -0.39 is 41.8 Å². The molecule has 0 fully saturated rings. The SMILES string of the molecule is CC(=O)CC(CC(=O)O)(OC(C)(C)C)C(=O)O. The first-order valence-electron chi connectivity index (χ1n) is 5.13. The summed E-state index contributed by atoms with van der Waals surface area (Å²) in [7, 11) is 0. The van der Waals surface area contributed by atoms with Crippen molar-refractivity contribution in [3.8, 4) is 0 Å². The Balaban J connectivity index is 5.31. The Labute approximate surface area is 99.6 Å². The van der Waals surface area contributed by atoms with Gasteiger partial charge in [-0.25, -0.2) is 4.79 Å². The van der Waals surface area contributed by atoms with Crippen molar-refractivity contribution in [1.29, 1.82) is 0 Å². The molecule has 0 spiro atoms. The first-order chi connectivity index (χ1) is 7.48. The molecule has 0 radical (unpaired) electrons. The van der Waals surface area contributed by atoms with E-state index in [2.05, 4.69) is 0 Å². The average Bonchev–Trinajstić information content (AvgIpc) is 1.96. The molecule has 0 aliphatic rings. The molecule has 0 aliphatic carbocycles. The number of carbonyl (C=O) groups excluding carboxylic acids is 1. The summed E-state index contributed by atoms with van der Waals surface area (Å²) in [6.45, 7) is 6.01. The molecule has 0 heterocycles. The van der Waals surface area contributed by atoms with Crippen LogP contribution in [0.2, 0.25) is 0 Å². The summed E-state index contributed by atoms with van der Waals surface area (Å²) in [6, 6.07) is 0. The van der Waals surface area contributed by atoms with Crippen LogP contribution in [-0.2, 0) is 19.1 Å².